The van der Waals surface area contributed by atoms with Crippen molar-refractivity contribution in [3.8, 4) is 11.5 Å². The molecular formula is C21H23N7O3. The molecule has 1 aromatic heterocycles. The summed E-state index contributed by atoms with van der Waals surface area (Å²) < 4.78 is 10.6. The average molecular weight is 421 g/mol. The Hall–Kier alpha value is -3.92. The molecule has 0 unspecified atom stereocenters. The summed E-state index contributed by atoms with van der Waals surface area (Å²) in [6.07, 6.45) is 1.47. The standard InChI is InChI=1S/C21H23N7O3/c1-30-17-7-8-18(29)15(13-17)14-22-27-20-24-19(23-16-5-3-2-4-6-16)25-21(26-20)28-9-11-31-12-10-28/h2-8,13-14,29H,9-12H2,1H3,(H2,23,24,25,26,27)/b22-14+. The van der Waals surface area contributed by atoms with Crippen LogP contribution in [0.25, 0.3) is 0 Å². The molecule has 0 amide bonds. The molecule has 0 atom stereocenters. The maximum absolute atomic E-state index is 10.0. The molecule has 3 aromatic rings. The van der Waals surface area contributed by atoms with Gasteiger partial charge in [-0.05, 0) is 30.3 Å². The quantitative estimate of drug-likeness (QED) is 0.391. The summed E-state index contributed by atoms with van der Waals surface area (Å²) in [4.78, 5) is 15.5. The van der Waals surface area contributed by atoms with Crippen LogP contribution in [0, 0.1) is 0 Å². The number of aromatic hydroxyl groups is 1. The Morgan fingerprint density at radius 1 is 1.06 bits per heavy atom. The Labute approximate surface area is 179 Å². The van der Waals surface area contributed by atoms with Crippen LogP contribution >= 0.6 is 0 Å². The number of methoxy groups -OCH3 is 1. The number of morpholine rings is 1. The summed E-state index contributed by atoms with van der Waals surface area (Å²) in [5, 5.41) is 17.4. The molecule has 160 valence electrons. The van der Waals surface area contributed by atoms with Gasteiger partial charge in [-0.1, -0.05) is 18.2 Å². The summed E-state index contributed by atoms with van der Waals surface area (Å²) in [5.74, 6) is 1.89. The molecule has 0 bridgehead atoms. The van der Waals surface area contributed by atoms with Crippen LogP contribution in [0.5, 0.6) is 11.5 Å². The van der Waals surface area contributed by atoms with Crippen molar-refractivity contribution in [2.24, 2.45) is 5.10 Å². The van der Waals surface area contributed by atoms with Crippen LogP contribution < -0.4 is 20.4 Å². The zero-order valence-electron chi connectivity index (χ0n) is 17.0. The van der Waals surface area contributed by atoms with E-state index in [-0.39, 0.29) is 11.7 Å². The predicted octanol–water partition coefficient (Wildman–Crippen LogP) is 2.61. The predicted molar refractivity (Wildman–Crippen MR) is 118 cm³/mol. The monoisotopic (exact) mass is 421 g/mol. The van der Waals surface area contributed by atoms with Gasteiger partial charge in [-0.25, -0.2) is 5.43 Å². The number of phenols is 1. The zero-order valence-corrected chi connectivity index (χ0v) is 17.0. The number of nitrogens with zero attached hydrogens (tertiary/aromatic N) is 5. The van der Waals surface area contributed by atoms with Crippen molar-refractivity contribution in [3.63, 3.8) is 0 Å². The Bertz CT molecular complexity index is 1040. The number of aromatic nitrogens is 3. The third kappa shape index (κ3) is 5.37. The van der Waals surface area contributed by atoms with Crippen molar-refractivity contribution in [1.82, 2.24) is 15.0 Å². The number of anilines is 4. The van der Waals surface area contributed by atoms with Crippen LogP contribution in [0.1, 0.15) is 5.56 Å². The number of ether oxygens (including phenoxy) is 2. The number of hydrogen-bond acceptors (Lipinski definition) is 10. The first-order valence-corrected chi connectivity index (χ1v) is 9.78. The second-order valence-electron chi connectivity index (χ2n) is 6.67. The van der Waals surface area contributed by atoms with E-state index >= 15 is 0 Å². The molecule has 0 radical (unpaired) electrons. The Morgan fingerprint density at radius 2 is 1.84 bits per heavy atom. The molecule has 10 heteroatoms. The molecule has 1 aliphatic heterocycles. The number of para-hydroxylation sites is 1. The highest BCUT2D eigenvalue weighted by molar-refractivity contribution is 5.84. The molecule has 4 rings (SSSR count). The number of nitrogens with one attached hydrogen (secondary N) is 2. The van der Waals surface area contributed by atoms with E-state index < -0.39 is 0 Å². The van der Waals surface area contributed by atoms with Crippen molar-refractivity contribution < 1.29 is 14.6 Å². The number of hydrazone groups is 1. The molecule has 1 saturated heterocycles. The lowest BCUT2D eigenvalue weighted by Gasteiger charge is -2.27. The van der Waals surface area contributed by atoms with Crippen molar-refractivity contribution >= 4 is 29.7 Å². The largest absolute Gasteiger partial charge is 0.507 e. The molecule has 0 aliphatic carbocycles. The number of hydrogen-bond donors (Lipinski definition) is 3. The van der Waals surface area contributed by atoms with E-state index in [1.807, 2.05) is 35.2 Å². The maximum Gasteiger partial charge on any atom is 0.250 e. The molecule has 1 aliphatic rings. The van der Waals surface area contributed by atoms with Gasteiger partial charge in [0, 0.05) is 24.3 Å². The highest BCUT2D eigenvalue weighted by Crippen LogP contribution is 2.22. The Kier molecular flexibility index (Phi) is 6.38. The Balaban J connectivity index is 1.57. The van der Waals surface area contributed by atoms with E-state index in [2.05, 4.69) is 30.8 Å². The van der Waals surface area contributed by atoms with Crippen molar-refractivity contribution in [2.45, 2.75) is 0 Å². The number of phenolic OH excluding ortho intramolecular Hbond substituents is 1. The molecular weight excluding hydrogens is 398 g/mol. The molecule has 2 aromatic carbocycles. The molecule has 31 heavy (non-hydrogen) atoms. The minimum Gasteiger partial charge on any atom is -0.507 e. The highest BCUT2D eigenvalue weighted by atomic mass is 16.5. The second-order valence-corrected chi connectivity index (χ2v) is 6.67. The van der Waals surface area contributed by atoms with Crippen molar-refractivity contribution in [3.05, 3.63) is 54.1 Å². The lowest BCUT2D eigenvalue weighted by molar-refractivity contribution is 0.122. The minimum atomic E-state index is 0.0856. The first-order chi connectivity index (χ1) is 15.2. The fourth-order valence-electron chi connectivity index (χ4n) is 2.95. The topological polar surface area (TPSA) is 117 Å². The van der Waals surface area contributed by atoms with Crippen LogP contribution in [0.15, 0.2) is 53.6 Å². The molecule has 1 fully saturated rings. The van der Waals surface area contributed by atoms with E-state index in [4.69, 9.17) is 9.47 Å². The van der Waals surface area contributed by atoms with Gasteiger partial charge in [-0.15, -0.1) is 0 Å². The SMILES string of the molecule is COc1ccc(O)c(/C=N/Nc2nc(Nc3ccccc3)nc(N3CCOCC3)n2)c1. The fourth-order valence-corrected chi connectivity index (χ4v) is 2.95. The van der Waals surface area contributed by atoms with Crippen LogP contribution in [-0.4, -0.2) is 59.7 Å². The van der Waals surface area contributed by atoms with Gasteiger partial charge < -0.3 is 24.8 Å². The van der Waals surface area contributed by atoms with Gasteiger partial charge in [-0.2, -0.15) is 20.1 Å². The summed E-state index contributed by atoms with van der Waals surface area (Å²) in [6.45, 7) is 2.61. The third-order valence-corrected chi connectivity index (χ3v) is 4.55. The van der Waals surface area contributed by atoms with E-state index in [0.717, 1.165) is 5.69 Å². The number of benzene rings is 2. The van der Waals surface area contributed by atoms with E-state index in [9.17, 15) is 5.11 Å². The molecule has 10 nitrogen and oxygen atoms in total. The van der Waals surface area contributed by atoms with Crippen LogP contribution in [0.3, 0.4) is 0 Å². The van der Waals surface area contributed by atoms with Crippen LogP contribution in [-0.2, 0) is 4.74 Å². The third-order valence-electron chi connectivity index (χ3n) is 4.55. The summed E-state index contributed by atoms with van der Waals surface area (Å²) in [7, 11) is 1.56. The van der Waals surface area contributed by atoms with Crippen molar-refractivity contribution in [1.29, 1.82) is 0 Å². The summed E-state index contributed by atoms with van der Waals surface area (Å²) >= 11 is 0. The lowest BCUT2D eigenvalue weighted by Crippen LogP contribution is -2.37. The summed E-state index contributed by atoms with van der Waals surface area (Å²) in [5.41, 5.74) is 4.18. The van der Waals surface area contributed by atoms with Gasteiger partial charge in [0.05, 0.1) is 26.5 Å². The molecule has 0 saturated carbocycles. The Morgan fingerprint density at radius 3 is 2.61 bits per heavy atom. The van der Waals surface area contributed by atoms with Gasteiger partial charge >= 0.3 is 0 Å². The van der Waals surface area contributed by atoms with Gasteiger partial charge in [0.2, 0.25) is 17.8 Å². The molecule has 0 spiro atoms. The highest BCUT2D eigenvalue weighted by Gasteiger charge is 2.16. The van der Waals surface area contributed by atoms with E-state index in [0.29, 0.717) is 49.5 Å². The van der Waals surface area contributed by atoms with Gasteiger partial charge in [0.1, 0.15) is 11.5 Å². The minimum absolute atomic E-state index is 0.0856. The van der Waals surface area contributed by atoms with Gasteiger partial charge in [0.25, 0.3) is 0 Å². The molecule has 3 N–H and O–H groups in total. The normalized spacial score (nSPS) is 13.9. The van der Waals surface area contributed by atoms with Crippen molar-refractivity contribution in [2.75, 3.05) is 49.1 Å². The summed E-state index contributed by atoms with van der Waals surface area (Å²) in [6, 6.07) is 14.5. The van der Waals surface area contributed by atoms with Gasteiger partial charge in [0.15, 0.2) is 0 Å². The first-order valence-electron chi connectivity index (χ1n) is 9.78. The maximum atomic E-state index is 10.0. The molecule has 2 heterocycles. The lowest BCUT2D eigenvalue weighted by atomic mass is 10.2. The van der Waals surface area contributed by atoms with E-state index in [1.165, 1.54) is 6.21 Å². The number of rotatable bonds is 7. The average Bonchev–Trinajstić information content (AvgIpc) is 2.81. The van der Waals surface area contributed by atoms with Crippen LogP contribution in [0.4, 0.5) is 23.5 Å². The van der Waals surface area contributed by atoms with Crippen LogP contribution in [0.2, 0.25) is 0 Å². The second kappa shape index (κ2) is 9.72. The zero-order chi connectivity index (χ0) is 21.5. The first kappa shape index (κ1) is 20.4. The van der Waals surface area contributed by atoms with Gasteiger partial charge in [-0.3, -0.25) is 0 Å². The smallest absolute Gasteiger partial charge is 0.250 e. The fraction of sp³-hybridized carbons (Fsp3) is 0.238. The van der Waals surface area contributed by atoms with E-state index in [1.54, 1.807) is 25.3 Å².